The van der Waals surface area contributed by atoms with Crippen molar-refractivity contribution in [1.82, 2.24) is 10.2 Å². The number of piperidine rings is 1. The molecule has 0 aromatic rings. The third kappa shape index (κ3) is 4.81. The molecule has 0 saturated carbocycles. The standard InChI is InChI=1S/C13H28N2O/c1-3-5-12-9-13(14-6-4-2)11-15(10-12)7-8-16/h12-14,16H,3-11H2,1-2H3. The molecule has 16 heavy (non-hydrogen) atoms. The van der Waals surface area contributed by atoms with Gasteiger partial charge in [0.05, 0.1) is 6.61 Å². The van der Waals surface area contributed by atoms with Gasteiger partial charge in [-0.2, -0.15) is 0 Å². The quantitative estimate of drug-likeness (QED) is 0.692. The first-order valence-corrected chi connectivity index (χ1v) is 6.86. The van der Waals surface area contributed by atoms with E-state index in [0.29, 0.717) is 12.6 Å². The van der Waals surface area contributed by atoms with Crippen molar-refractivity contribution in [2.45, 2.75) is 45.6 Å². The Bertz CT molecular complexity index is 161. The summed E-state index contributed by atoms with van der Waals surface area (Å²) in [7, 11) is 0. The average Bonchev–Trinajstić information content (AvgIpc) is 2.27. The minimum Gasteiger partial charge on any atom is -0.395 e. The van der Waals surface area contributed by atoms with Gasteiger partial charge in [-0.15, -0.1) is 0 Å². The summed E-state index contributed by atoms with van der Waals surface area (Å²) in [6, 6.07) is 0.636. The molecule has 2 atom stereocenters. The average molecular weight is 228 g/mol. The molecule has 1 aliphatic heterocycles. The number of nitrogens with zero attached hydrogens (tertiary/aromatic N) is 1. The van der Waals surface area contributed by atoms with Gasteiger partial charge in [0.25, 0.3) is 0 Å². The molecule has 1 aliphatic rings. The molecule has 0 bridgehead atoms. The van der Waals surface area contributed by atoms with E-state index in [1.165, 1.54) is 32.2 Å². The van der Waals surface area contributed by atoms with Crippen LogP contribution in [0.15, 0.2) is 0 Å². The van der Waals surface area contributed by atoms with Crippen molar-refractivity contribution in [3.8, 4) is 0 Å². The summed E-state index contributed by atoms with van der Waals surface area (Å²) in [5, 5.41) is 12.7. The van der Waals surface area contributed by atoms with E-state index in [0.717, 1.165) is 25.6 Å². The maximum atomic E-state index is 9.03. The van der Waals surface area contributed by atoms with Crippen LogP contribution in [0.3, 0.4) is 0 Å². The zero-order valence-corrected chi connectivity index (χ0v) is 10.9. The Labute approximate surface area is 100 Å². The van der Waals surface area contributed by atoms with E-state index in [4.69, 9.17) is 5.11 Å². The van der Waals surface area contributed by atoms with Gasteiger partial charge in [0.1, 0.15) is 0 Å². The summed E-state index contributed by atoms with van der Waals surface area (Å²) in [5.41, 5.74) is 0. The van der Waals surface area contributed by atoms with Crippen molar-refractivity contribution in [1.29, 1.82) is 0 Å². The number of hydrogen-bond donors (Lipinski definition) is 2. The molecule has 2 N–H and O–H groups in total. The molecule has 0 aromatic carbocycles. The lowest BCUT2D eigenvalue weighted by molar-refractivity contribution is 0.112. The van der Waals surface area contributed by atoms with Crippen molar-refractivity contribution < 1.29 is 5.11 Å². The third-order valence-electron chi connectivity index (χ3n) is 3.41. The molecule has 0 amide bonds. The van der Waals surface area contributed by atoms with E-state index in [2.05, 4.69) is 24.1 Å². The first kappa shape index (κ1) is 13.9. The van der Waals surface area contributed by atoms with Crippen molar-refractivity contribution in [3.63, 3.8) is 0 Å². The highest BCUT2D eigenvalue weighted by molar-refractivity contribution is 4.83. The fraction of sp³-hybridized carbons (Fsp3) is 1.00. The molecule has 0 aliphatic carbocycles. The molecule has 96 valence electrons. The van der Waals surface area contributed by atoms with Crippen LogP contribution in [0.4, 0.5) is 0 Å². The first-order valence-electron chi connectivity index (χ1n) is 6.86. The Morgan fingerprint density at radius 2 is 2.06 bits per heavy atom. The van der Waals surface area contributed by atoms with Crippen molar-refractivity contribution in [3.05, 3.63) is 0 Å². The normalized spacial score (nSPS) is 27.2. The highest BCUT2D eigenvalue weighted by atomic mass is 16.3. The number of rotatable bonds is 7. The number of nitrogens with one attached hydrogen (secondary N) is 1. The van der Waals surface area contributed by atoms with Gasteiger partial charge in [0, 0.05) is 25.7 Å². The predicted octanol–water partition coefficient (Wildman–Crippen LogP) is 1.47. The van der Waals surface area contributed by atoms with Gasteiger partial charge in [0.2, 0.25) is 0 Å². The lowest BCUT2D eigenvalue weighted by atomic mass is 9.90. The molecule has 1 fully saturated rings. The van der Waals surface area contributed by atoms with Gasteiger partial charge in [-0.1, -0.05) is 20.3 Å². The van der Waals surface area contributed by atoms with E-state index >= 15 is 0 Å². The molecule has 3 nitrogen and oxygen atoms in total. The summed E-state index contributed by atoms with van der Waals surface area (Å²) in [5.74, 6) is 0.819. The Balaban J connectivity index is 2.38. The van der Waals surface area contributed by atoms with Crippen LogP contribution < -0.4 is 5.32 Å². The number of likely N-dealkylation sites (tertiary alicyclic amines) is 1. The van der Waals surface area contributed by atoms with E-state index in [1.807, 2.05) is 0 Å². The van der Waals surface area contributed by atoms with Gasteiger partial charge in [0.15, 0.2) is 0 Å². The molecule has 0 spiro atoms. The van der Waals surface area contributed by atoms with Crippen LogP contribution >= 0.6 is 0 Å². The van der Waals surface area contributed by atoms with Crippen LogP contribution in [0.25, 0.3) is 0 Å². The van der Waals surface area contributed by atoms with Gasteiger partial charge in [-0.05, 0) is 31.7 Å². The van der Waals surface area contributed by atoms with E-state index in [-0.39, 0.29) is 0 Å². The third-order valence-corrected chi connectivity index (χ3v) is 3.41. The smallest absolute Gasteiger partial charge is 0.0558 e. The molecule has 3 heteroatoms. The highest BCUT2D eigenvalue weighted by Gasteiger charge is 2.25. The molecule has 1 saturated heterocycles. The fourth-order valence-electron chi connectivity index (χ4n) is 2.74. The fourth-order valence-corrected chi connectivity index (χ4v) is 2.74. The maximum Gasteiger partial charge on any atom is 0.0558 e. The van der Waals surface area contributed by atoms with E-state index < -0.39 is 0 Å². The molecule has 2 unspecified atom stereocenters. The summed E-state index contributed by atoms with van der Waals surface area (Å²) < 4.78 is 0. The second kappa shape index (κ2) is 8.04. The van der Waals surface area contributed by atoms with Crippen molar-refractivity contribution >= 4 is 0 Å². The topological polar surface area (TPSA) is 35.5 Å². The first-order chi connectivity index (χ1) is 7.80. The van der Waals surface area contributed by atoms with Crippen LogP contribution in [0.5, 0.6) is 0 Å². The minimum absolute atomic E-state index is 0.291. The number of aliphatic hydroxyl groups excluding tert-OH is 1. The zero-order valence-electron chi connectivity index (χ0n) is 10.9. The summed E-state index contributed by atoms with van der Waals surface area (Å²) >= 11 is 0. The minimum atomic E-state index is 0.291. The van der Waals surface area contributed by atoms with Gasteiger partial charge >= 0.3 is 0 Å². The second-order valence-electron chi connectivity index (χ2n) is 5.02. The van der Waals surface area contributed by atoms with Crippen LogP contribution in [0.2, 0.25) is 0 Å². The highest BCUT2D eigenvalue weighted by Crippen LogP contribution is 2.21. The SMILES string of the molecule is CCCNC1CC(CCC)CN(CCO)C1. The molecular formula is C13H28N2O. The number of β-amino-alcohol motifs (C(OH)–C–C–N with tert-alkyl or cyclic N) is 1. The van der Waals surface area contributed by atoms with Crippen LogP contribution in [-0.2, 0) is 0 Å². The predicted molar refractivity (Wildman–Crippen MR) is 68.6 cm³/mol. The monoisotopic (exact) mass is 228 g/mol. The van der Waals surface area contributed by atoms with Crippen LogP contribution in [-0.4, -0.2) is 48.8 Å². The van der Waals surface area contributed by atoms with Gasteiger partial charge < -0.3 is 10.4 Å². The summed E-state index contributed by atoms with van der Waals surface area (Å²) in [6.07, 6.45) is 5.12. The van der Waals surface area contributed by atoms with Crippen molar-refractivity contribution in [2.24, 2.45) is 5.92 Å². The molecule has 1 rings (SSSR count). The van der Waals surface area contributed by atoms with Crippen LogP contribution in [0.1, 0.15) is 39.5 Å². The van der Waals surface area contributed by atoms with Gasteiger partial charge in [-0.3, -0.25) is 4.90 Å². The number of hydrogen-bond acceptors (Lipinski definition) is 3. The Morgan fingerprint density at radius 1 is 1.25 bits per heavy atom. The second-order valence-corrected chi connectivity index (χ2v) is 5.02. The van der Waals surface area contributed by atoms with Crippen molar-refractivity contribution in [2.75, 3.05) is 32.8 Å². The maximum absolute atomic E-state index is 9.03. The molecule has 1 heterocycles. The lowest BCUT2D eigenvalue weighted by Crippen LogP contribution is -2.50. The van der Waals surface area contributed by atoms with Crippen LogP contribution in [0, 0.1) is 5.92 Å². The zero-order chi connectivity index (χ0) is 11.8. The van der Waals surface area contributed by atoms with E-state index in [9.17, 15) is 0 Å². The largest absolute Gasteiger partial charge is 0.395 e. The molecule has 0 radical (unpaired) electrons. The Morgan fingerprint density at radius 3 is 2.69 bits per heavy atom. The lowest BCUT2D eigenvalue weighted by Gasteiger charge is -2.38. The van der Waals surface area contributed by atoms with Gasteiger partial charge in [-0.25, -0.2) is 0 Å². The van der Waals surface area contributed by atoms with E-state index in [1.54, 1.807) is 0 Å². The number of aliphatic hydroxyl groups is 1. The summed E-state index contributed by atoms with van der Waals surface area (Å²) in [4.78, 5) is 2.41. The molecular weight excluding hydrogens is 200 g/mol. The summed E-state index contributed by atoms with van der Waals surface area (Å²) in [6.45, 7) is 9.02. The molecule has 0 aromatic heterocycles. The Kier molecular flexibility index (Phi) is 7.01. The Hall–Kier alpha value is -0.120.